The zero-order valence-corrected chi connectivity index (χ0v) is 54.2. The first-order valence-electron chi connectivity index (χ1n) is 31.3. The van der Waals surface area contributed by atoms with Gasteiger partial charge in [-0.1, -0.05) is 90.1 Å². The van der Waals surface area contributed by atoms with E-state index in [9.17, 15) is 38.7 Å². The number of cyclic esters (lactones) is 5. The van der Waals surface area contributed by atoms with E-state index in [1.54, 1.807) is 14.0 Å². The minimum Gasteiger partial charge on any atom is -0.499 e. The van der Waals surface area contributed by atoms with Crippen molar-refractivity contribution in [3.05, 3.63) is 49.4 Å². The van der Waals surface area contributed by atoms with Crippen LogP contribution in [-0.2, 0) is 85.7 Å². The van der Waals surface area contributed by atoms with Gasteiger partial charge in [0.2, 0.25) is 0 Å². The number of carboxylic acids is 1. The summed E-state index contributed by atoms with van der Waals surface area (Å²) in [6.07, 6.45) is 19.0. The van der Waals surface area contributed by atoms with E-state index in [1.165, 1.54) is 25.7 Å². The number of allylic oxidation sites excluding steroid dienone is 2. The summed E-state index contributed by atoms with van der Waals surface area (Å²) in [6, 6.07) is 0. The van der Waals surface area contributed by atoms with Crippen LogP contribution in [0.3, 0.4) is 0 Å². The second kappa shape index (κ2) is 49.3. The molecule has 518 valence electrons. The van der Waals surface area contributed by atoms with Gasteiger partial charge in [0, 0.05) is 76.4 Å². The van der Waals surface area contributed by atoms with Gasteiger partial charge < -0.3 is 62.3 Å². The van der Waals surface area contributed by atoms with Crippen LogP contribution in [-0.4, -0.2) is 135 Å². The van der Waals surface area contributed by atoms with Crippen molar-refractivity contribution in [3.63, 3.8) is 0 Å². The molecule has 1 aliphatic carbocycles. The Hall–Kier alpha value is -5.47. The van der Waals surface area contributed by atoms with Gasteiger partial charge in [0.25, 0.3) is 0 Å². The predicted molar refractivity (Wildman–Crippen MR) is 345 cm³/mol. The van der Waals surface area contributed by atoms with Gasteiger partial charge in [-0.2, -0.15) is 0 Å². The lowest BCUT2D eigenvalue weighted by Crippen LogP contribution is -2.43. The zero-order valence-electron chi connectivity index (χ0n) is 54.2. The molecule has 0 amide bonds. The van der Waals surface area contributed by atoms with Crippen LogP contribution in [0.4, 0.5) is 0 Å². The topological polar surface area (TPSA) is 261 Å². The van der Waals surface area contributed by atoms with E-state index >= 15 is 0 Å². The van der Waals surface area contributed by atoms with E-state index in [2.05, 4.69) is 51.8 Å². The van der Waals surface area contributed by atoms with Crippen LogP contribution in [0.15, 0.2) is 49.4 Å². The summed E-state index contributed by atoms with van der Waals surface area (Å²) in [5.41, 5.74) is -1.43. The summed E-state index contributed by atoms with van der Waals surface area (Å²) >= 11 is 0. The van der Waals surface area contributed by atoms with E-state index in [1.807, 2.05) is 41.5 Å². The number of rotatable bonds is 3. The highest BCUT2D eigenvalue weighted by Gasteiger charge is 2.40. The lowest BCUT2D eigenvalue weighted by molar-refractivity contribution is -0.172. The summed E-state index contributed by atoms with van der Waals surface area (Å²) in [7, 11) is 1.69. The first kappa shape index (κ1) is 87.7. The molecular weight excluding hydrogens is 1150 g/mol. The Labute approximate surface area is 536 Å². The molecule has 11 aliphatic rings. The minimum absolute atomic E-state index is 0. The number of ether oxygens (including phenoxy) is 11. The third-order valence-corrected chi connectivity index (χ3v) is 14.8. The first-order chi connectivity index (χ1) is 40.5. The van der Waals surface area contributed by atoms with Crippen molar-refractivity contribution in [1.29, 1.82) is 0 Å². The Balaban J connectivity index is -0.000000916. The van der Waals surface area contributed by atoms with E-state index < -0.39 is 30.1 Å². The Morgan fingerprint density at radius 2 is 1.09 bits per heavy atom. The van der Waals surface area contributed by atoms with Crippen LogP contribution in [0.25, 0.3) is 0 Å². The van der Waals surface area contributed by atoms with Crippen LogP contribution in [0.5, 0.6) is 0 Å². The molecule has 0 aromatic rings. The van der Waals surface area contributed by atoms with Gasteiger partial charge in [-0.15, -0.1) is 0 Å². The maximum absolute atomic E-state index is 10.9. The van der Waals surface area contributed by atoms with Gasteiger partial charge in [-0.25, -0.2) is 0 Å². The minimum atomic E-state index is -1.43. The van der Waals surface area contributed by atoms with Gasteiger partial charge in [0.1, 0.15) is 18.0 Å². The Bertz CT molecular complexity index is 2010. The van der Waals surface area contributed by atoms with Crippen molar-refractivity contribution < 1.29 is 95.9 Å². The Morgan fingerprint density at radius 3 is 1.36 bits per heavy atom. The molecule has 0 spiro atoms. The molecule has 0 aromatic heterocycles. The third kappa shape index (κ3) is 44.6. The first-order valence-corrected chi connectivity index (χ1v) is 31.3. The molecular formula is C69H122O20. The molecule has 2 N–H and O–H groups in total. The van der Waals surface area contributed by atoms with Gasteiger partial charge in [0.05, 0.1) is 99.1 Å². The van der Waals surface area contributed by atoms with Crippen LogP contribution in [0, 0.1) is 35.5 Å². The highest BCUT2D eigenvalue weighted by Crippen LogP contribution is 2.29. The number of hydrogen-bond acceptors (Lipinski definition) is 19. The molecule has 11 rings (SSSR count). The number of carboxylic acid groups (broad SMARTS) is 1. The molecule has 12 atom stereocenters. The number of hydrogen-bond donors (Lipinski definition) is 2. The van der Waals surface area contributed by atoms with Crippen molar-refractivity contribution in [3.8, 4) is 0 Å². The summed E-state index contributed by atoms with van der Waals surface area (Å²) in [6.45, 7) is 39.4. The summed E-state index contributed by atoms with van der Waals surface area (Å²) in [4.78, 5) is 73.3. The molecule has 0 radical (unpaired) electrons. The normalized spacial score (nSPS) is 29.9. The van der Waals surface area contributed by atoms with Crippen molar-refractivity contribution in [1.82, 2.24) is 0 Å². The molecule has 10 heterocycles. The predicted octanol–water partition coefficient (Wildman–Crippen LogP) is 14.1. The fourth-order valence-corrected chi connectivity index (χ4v) is 9.23. The second-order valence-electron chi connectivity index (χ2n) is 24.3. The fraction of sp³-hybridized carbons (Fsp3) is 0.783. The average molecular weight is 1270 g/mol. The molecule has 89 heavy (non-hydrogen) atoms. The molecule has 11 fully saturated rings. The standard InChI is InChI=1S/C8H12O5.2C7H12O.C6H12O2.2C6H10O2.C6H10O.2C5H8O2.2C5H8O.3CH4/c1-5-2-8(12,3-6(9)10)4-7(11)13-5;1-6-3-4-8-7(2)5-6;1-6-3-4-7(2)8-5-6;1-7-6-4-2-3-5-8-6;1-5-3-2-4-8-6(5)7;1-5-3-2-4-6(7)8-5;1-5-3-2-4-6(5)7;1-4-2-5(6)7-3-4;1-4-2-3-5(6)7-4;1-4-3-6-5(4)2;1-4-3-5(2)6-4;;;/h5,12H,2-4H2,1H3,(H,9,10);3*6H,2-5H2,1H3;2*5H,2-4H2,1H3;5H,2-4H2,1H3;2*4H,2-3H2,1H3;4H,2-3H2,1H3;5H,1,3H2,2H3;3*1H4. The lowest BCUT2D eigenvalue weighted by Gasteiger charge is -2.33. The van der Waals surface area contributed by atoms with E-state index in [-0.39, 0.29) is 83.4 Å². The van der Waals surface area contributed by atoms with Crippen LogP contribution in [0.2, 0.25) is 0 Å². The van der Waals surface area contributed by atoms with Crippen molar-refractivity contribution in [2.75, 3.05) is 46.8 Å². The number of carbonyl (C=O) groups is 7. The molecule has 20 heteroatoms. The quantitative estimate of drug-likeness (QED) is 0.196. The monoisotopic (exact) mass is 1270 g/mol. The Morgan fingerprint density at radius 1 is 0.494 bits per heavy atom. The van der Waals surface area contributed by atoms with Gasteiger partial charge in [-0.05, 0) is 117 Å². The smallest absolute Gasteiger partial charge is 0.308 e. The molecule has 20 nitrogen and oxygen atoms in total. The number of methoxy groups -OCH3 is 1. The summed E-state index contributed by atoms with van der Waals surface area (Å²) in [5.74, 6) is 5.55. The summed E-state index contributed by atoms with van der Waals surface area (Å²) < 4.78 is 54.0. The molecule has 0 aromatic carbocycles. The SMILES string of the molecule is C.C.C.C=C1CC(C)CCO1.C=C1CC(C)O1.C=C1CCC(C)CO1.C=C1OCC1C.CC1CC(O)(CC(=O)O)CC(=O)O1.CC1CCC(=O)O1.CC1CCCC(=O)O1.CC1CCCC1=O.CC1CCCOC1=O.CC1COC(=O)C1.COC1CCCCO1. The highest BCUT2D eigenvalue weighted by molar-refractivity contribution is 5.82. The summed E-state index contributed by atoms with van der Waals surface area (Å²) in [5, 5.41) is 18.2. The third-order valence-electron chi connectivity index (χ3n) is 14.8. The number of aliphatic carboxylic acids is 1. The van der Waals surface area contributed by atoms with Gasteiger partial charge >= 0.3 is 35.8 Å². The van der Waals surface area contributed by atoms with Gasteiger partial charge in [-0.3, -0.25) is 33.6 Å². The molecule has 1 saturated carbocycles. The van der Waals surface area contributed by atoms with Crippen LogP contribution < -0.4 is 0 Å². The van der Waals surface area contributed by atoms with Gasteiger partial charge in [0.15, 0.2) is 6.29 Å². The lowest BCUT2D eigenvalue weighted by atomic mass is 9.87. The van der Waals surface area contributed by atoms with Crippen molar-refractivity contribution in [2.24, 2.45) is 35.5 Å². The maximum Gasteiger partial charge on any atom is 0.308 e. The maximum atomic E-state index is 10.9. The number of carbonyl (C=O) groups excluding carboxylic acids is 6. The number of aliphatic hydroxyl groups is 1. The van der Waals surface area contributed by atoms with Crippen LogP contribution >= 0.6 is 0 Å². The zero-order chi connectivity index (χ0) is 64.8. The second-order valence-corrected chi connectivity index (χ2v) is 24.3. The largest absolute Gasteiger partial charge is 0.499 e. The van der Waals surface area contributed by atoms with E-state index in [4.69, 9.17) is 52.5 Å². The molecule has 10 aliphatic heterocycles. The van der Waals surface area contributed by atoms with E-state index in [0.29, 0.717) is 62.1 Å². The van der Waals surface area contributed by atoms with Crippen LogP contribution in [0.1, 0.15) is 233 Å². The Kier molecular flexibility index (Phi) is 48.6. The number of esters is 5. The fourth-order valence-electron chi connectivity index (χ4n) is 9.23. The van der Waals surface area contributed by atoms with E-state index in [0.717, 1.165) is 138 Å². The van der Waals surface area contributed by atoms with Crippen molar-refractivity contribution >= 4 is 41.6 Å². The highest BCUT2D eigenvalue weighted by atomic mass is 16.7. The average Bonchev–Trinajstić information content (AvgIpc) is 4.20. The number of ketones is 1. The molecule has 12 unspecified atom stereocenters. The number of Topliss-reactive ketones (excluding diaryl/α,β-unsaturated/α-hetero) is 1. The molecule has 10 saturated heterocycles. The van der Waals surface area contributed by atoms with Crippen molar-refractivity contribution in [2.45, 2.75) is 269 Å². The molecule has 0 bridgehead atoms.